The summed E-state index contributed by atoms with van der Waals surface area (Å²) in [5.74, 6) is 0.826. The van der Waals surface area contributed by atoms with Crippen LogP contribution in [0.15, 0.2) is 36.0 Å². The van der Waals surface area contributed by atoms with E-state index in [1.165, 1.54) is 24.8 Å². The van der Waals surface area contributed by atoms with Crippen LogP contribution in [0.4, 0.5) is 0 Å². The predicted octanol–water partition coefficient (Wildman–Crippen LogP) is 4.89. The van der Waals surface area contributed by atoms with E-state index in [0.29, 0.717) is 0 Å². The van der Waals surface area contributed by atoms with Crippen LogP contribution in [-0.4, -0.2) is 0 Å². The van der Waals surface area contributed by atoms with Crippen LogP contribution in [0, 0.1) is 5.92 Å². The highest BCUT2D eigenvalue weighted by atomic mass is 14.0. The maximum Gasteiger partial charge on any atom is -0.0322 e. The fourth-order valence-corrected chi connectivity index (χ4v) is 1.46. The van der Waals surface area contributed by atoms with Crippen molar-refractivity contribution >= 4 is 0 Å². The van der Waals surface area contributed by atoms with Crippen LogP contribution in [0.25, 0.3) is 0 Å². The molecule has 0 aromatic carbocycles. The monoisotopic (exact) mass is 192 g/mol. The second-order valence-electron chi connectivity index (χ2n) is 3.97. The van der Waals surface area contributed by atoms with Crippen molar-refractivity contribution in [3.8, 4) is 0 Å². The van der Waals surface area contributed by atoms with Gasteiger partial charge in [0.1, 0.15) is 0 Å². The summed E-state index contributed by atoms with van der Waals surface area (Å²) in [5, 5.41) is 0. The highest BCUT2D eigenvalue weighted by Crippen LogP contribution is 2.10. The first-order chi connectivity index (χ1) is 6.70. The highest BCUT2D eigenvalue weighted by molar-refractivity contribution is 5.20. The van der Waals surface area contributed by atoms with Gasteiger partial charge < -0.3 is 0 Å². The molecule has 0 aliphatic carbocycles. The molecular formula is C14H24. The van der Waals surface area contributed by atoms with Gasteiger partial charge in [-0.05, 0) is 26.2 Å². The van der Waals surface area contributed by atoms with E-state index in [-0.39, 0.29) is 0 Å². The summed E-state index contributed by atoms with van der Waals surface area (Å²) in [6, 6.07) is 0. The summed E-state index contributed by atoms with van der Waals surface area (Å²) in [4.78, 5) is 0. The molecule has 0 amide bonds. The lowest BCUT2D eigenvalue weighted by Crippen LogP contribution is -1.90. The zero-order chi connectivity index (χ0) is 10.8. The number of hydrogen-bond donors (Lipinski definition) is 0. The Morgan fingerprint density at radius 3 is 2.64 bits per heavy atom. The molecular weight excluding hydrogens is 168 g/mol. The van der Waals surface area contributed by atoms with Crippen molar-refractivity contribution in [2.75, 3.05) is 0 Å². The smallest absolute Gasteiger partial charge is 0.0322 e. The number of hydrogen-bond acceptors (Lipinski definition) is 0. The molecule has 0 saturated heterocycles. The minimum absolute atomic E-state index is 0.826. The van der Waals surface area contributed by atoms with E-state index in [0.717, 1.165) is 5.92 Å². The van der Waals surface area contributed by atoms with Gasteiger partial charge in [0.2, 0.25) is 0 Å². The molecule has 0 aromatic rings. The summed E-state index contributed by atoms with van der Waals surface area (Å²) in [7, 11) is 0. The second kappa shape index (κ2) is 8.80. The zero-order valence-corrected chi connectivity index (χ0v) is 10.1. The molecule has 0 bridgehead atoms. The molecule has 1 atom stereocenters. The van der Waals surface area contributed by atoms with E-state index in [4.69, 9.17) is 0 Å². The first-order valence-corrected chi connectivity index (χ1v) is 5.66. The van der Waals surface area contributed by atoms with E-state index < -0.39 is 0 Å². The normalized spacial score (nSPS) is 15.6. The summed E-state index contributed by atoms with van der Waals surface area (Å²) < 4.78 is 0. The van der Waals surface area contributed by atoms with Gasteiger partial charge in [-0.1, -0.05) is 62.6 Å². The molecule has 0 radical (unpaired) electrons. The molecule has 0 aliphatic heterocycles. The summed E-state index contributed by atoms with van der Waals surface area (Å²) >= 11 is 0. The Hall–Kier alpha value is -0.780. The zero-order valence-electron chi connectivity index (χ0n) is 10.1. The Kier molecular flexibility index (Phi) is 8.31. The van der Waals surface area contributed by atoms with E-state index >= 15 is 0 Å². The van der Waals surface area contributed by atoms with Crippen LogP contribution in [0.2, 0.25) is 0 Å². The van der Waals surface area contributed by atoms with Gasteiger partial charge in [0.25, 0.3) is 0 Å². The summed E-state index contributed by atoms with van der Waals surface area (Å²) in [6.07, 6.45) is 14.6. The molecule has 0 rings (SSSR count). The van der Waals surface area contributed by atoms with Gasteiger partial charge >= 0.3 is 0 Å². The van der Waals surface area contributed by atoms with Crippen molar-refractivity contribution < 1.29 is 0 Å². The van der Waals surface area contributed by atoms with Crippen LogP contribution in [0.5, 0.6) is 0 Å². The largest absolute Gasteiger partial charge is 0.0874 e. The molecule has 0 aromatic heterocycles. The van der Waals surface area contributed by atoms with Gasteiger partial charge in [0.05, 0.1) is 0 Å². The molecule has 0 aliphatic rings. The second-order valence-corrected chi connectivity index (χ2v) is 3.97. The maximum atomic E-state index is 2.32. The lowest BCUT2D eigenvalue weighted by Gasteiger charge is -2.04. The van der Waals surface area contributed by atoms with Crippen molar-refractivity contribution in [3.05, 3.63) is 36.0 Å². The topological polar surface area (TPSA) is 0 Å². The minimum atomic E-state index is 0.826. The van der Waals surface area contributed by atoms with Gasteiger partial charge in [0.15, 0.2) is 0 Å². The lowest BCUT2D eigenvalue weighted by atomic mass is 10.0. The van der Waals surface area contributed by atoms with Crippen molar-refractivity contribution in [1.82, 2.24) is 0 Å². The molecule has 0 heteroatoms. The molecule has 0 spiro atoms. The Labute approximate surface area is 89.4 Å². The Bertz CT molecular complexity index is 206. The van der Waals surface area contributed by atoms with E-state index in [2.05, 4.69) is 51.2 Å². The fraction of sp³-hybridized carbons (Fsp3) is 0.571. The number of rotatable bonds is 6. The quantitative estimate of drug-likeness (QED) is 0.525. The first kappa shape index (κ1) is 13.2. The van der Waals surface area contributed by atoms with Crippen LogP contribution in [0.1, 0.15) is 47.0 Å². The predicted molar refractivity (Wildman–Crippen MR) is 66.4 cm³/mol. The third-order valence-corrected chi connectivity index (χ3v) is 2.24. The van der Waals surface area contributed by atoms with Crippen molar-refractivity contribution in [2.24, 2.45) is 5.92 Å². The minimum Gasteiger partial charge on any atom is -0.0874 e. The van der Waals surface area contributed by atoms with Gasteiger partial charge in [-0.2, -0.15) is 0 Å². The summed E-state index contributed by atoms with van der Waals surface area (Å²) in [6.45, 7) is 8.73. The molecule has 80 valence electrons. The van der Waals surface area contributed by atoms with Gasteiger partial charge in [-0.3, -0.25) is 0 Å². The molecule has 0 heterocycles. The van der Waals surface area contributed by atoms with Crippen LogP contribution in [0.3, 0.4) is 0 Å². The standard InChI is InChI=1S/C14H24/c1-5-9-13(3)11-7-8-12-14(4)10-6-2/h5,7-9,11,14H,6,10,12H2,1-4H3/b8-7-,9-5+,13-11-. The lowest BCUT2D eigenvalue weighted by molar-refractivity contribution is 0.532. The maximum absolute atomic E-state index is 2.32. The van der Waals surface area contributed by atoms with E-state index in [1.807, 2.05) is 6.92 Å². The molecule has 0 fully saturated rings. The van der Waals surface area contributed by atoms with Gasteiger partial charge in [0, 0.05) is 0 Å². The van der Waals surface area contributed by atoms with E-state index in [1.54, 1.807) is 0 Å². The Balaban J connectivity index is 3.78. The third-order valence-electron chi connectivity index (χ3n) is 2.24. The van der Waals surface area contributed by atoms with Crippen molar-refractivity contribution in [3.63, 3.8) is 0 Å². The Morgan fingerprint density at radius 1 is 1.36 bits per heavy atom. The van der Waals surface area contributed by atoms with Gasteiger partial charge in [-0.15, -0.1) is 0 Å². The van der Waals surface area contributed by atoms with Crippen LogP contribution >= 0.6 is 0 Å². The Morgan fingerprint density at radius 2 is 2.07 bits per heavy atom. The van der Waals surface area contributed by atoms with Crippen LogP contribution < -0.4 is 0 Å². The van der Waals surface area contributed by atoms with Crippen LogP contribution in [-0.2, 0) is 0 Å². The fourth-order valence-electron chi connectivity index (χ4n) is 1.46. The molecule has 0 saturated carbocycles. The van der Waals surface area contributed by atoms with Crippen molar-refractivity contribution in [2.45, 2.75) is 47.0 Å². The molecule has 14 heavy (non-hydrogen) atoms. The summed E-state index contributed by atoms with van der Waals surface area (Å²) in [5.41, 5.74) is 1.31. The highest BCUT2D eigenvalue weighted by Gasteiger charge is 1.95. The SMILES string of the molecule is C/C=C/C(C)=C\C=C/CC(C)CCC. The van der Waals surface area contributed by atoms with Crippen molar-refractivity contribution in [1.29, 1.82) is 0 Å². The third kappa shape index (κ3) is 7.85. The molecule has 0 nitrogen and oxygen atoms in total. The molecule has 1 unspecified atom stereocenters. The van der Waals surface area contributed by atoms with E-state index in [9.17, 15) is 0 Å². The first-order valence-electron chi connectivity index (χ1n) is 5.66. The average molecular weight is 192 g/mol. The number of allylic oxidation sites excluding steroid dienone is 6. The average Bonchev–Trinajstić information content (AvgIpc) is 2.13. The van der Waals surface area contributed by atoms with Gasteiger partial charge in [-0.25, -0.2) is 0 Å². The molecule has 0 N–H and O–H groups in total.